The molecule has 0 bridgehead atoms. The van der Waals surface area contributed by atoms with Crippen molar-refractivity contribution in [1.82, 2.24) is 10.2 Å². The number of nitrogens with zero attached hydrogens (tertiary/aromatic N) is 1. The van der Waals surface area contributed by atoms with E-state index >= 15 is 0 Å². The van der Waals surface area contributed by atoms with Crippen LogP contribution in [-0.4, -0.2) is 49.7 Å². The molecule has 4 rings (SSSR count). The van der Waals surface area contributed by atoms with Gasteiger partial charge in [0.1, 0.15) is 0 Å². The number of aryl methyl sites for hydroxylation is 1. The molecule has 1 saturated heterocycles. The highest BCUT2D eigenvalue weighted by Crippen LogP contribution is 2.32. The lowest BCUT2D eigenvalue weighted by Gasteiger charge is -2.20. The number of ether oxygens (including phenoxy) is 2. The van der Waals surface area contributed by atoms with Crippen LogP contribution in [0, 0.1) is 6.92 Å². The Hall–Kier alpha value is -3.06. The third-order valence-corrected chi connectivity index (χ3v) is 4.98. The minimum Gasteiger partial charge on any atom is -0.454 e. The van der Waals surface area contributed by atoms with Gasteiger partial charge in [-0.25, -0.2) is 0 Å². The number of carbonyl (C=O) groups excluding carboxylic acids is 2. The van der Waals surface area contributed by atoms with Crippen LogP contribution in [0.5, 0.6) is 11.5 Å². The molecule has 0 saturated carbocycles. The normalized spacial score (nSPS) is 15.8. The fraction of sp³-hybridized carbons (Fsp3) is 0.333. The van der Waals surface area contributed by atoms with Gasteiger partial charge in [0, 0.05) is 36.4 Å². The maximum absolute atomic E-state index is 12.8. The van der Waals surface area contributed by atoms with E-state index < -0.39 is 0 Å². The van der Waals surface area contributed by atoms with Crippen molar-refractivity contribution in [2.75, 3.05) is 38.3 Å². The van der Waals surface area contributed by atoms with Crippen molar-refractivity contribution in [3.8, 4) is 11.5 Å². The fourth-order valence-electron chi connectivity index (χ4n) is 3.40. The Morgan fingerprint density at radius 3 is 2.68 bits per heavy atom. The van der Waals surface area contributed by atoms with Gasteiger partial charge in [0.25, 0.3) is 11.8 Å². The summed E-state index contributed by atoms with van der Waals surface area (Å²) in [4.78, 5) is 27.2. The smallest absolute Gasteiger partial charge is 0.255 e. The second-order valence-electron chi connectivity index (χ2n) is 6.95. The number of hydrogen-bond acceptors (Lipinski definition) is 5. The Kier molecular flexibility index (Phi) is 5.16. The van der Waals surface area contributed by atoms with E-state index in [4.69, 9.17) is 9.47 Å². The zero-order valence-electron chi connectivity index (χ0n) is 15.8. The molecule has 7 heteroatoms. The first-order valence-electron chi connectivity index (χ1n) is 9.43. The molecule has 2 amide bonds. The van der Waals surface area contributed by atoms with Gasteiger partial charge in [0.05, 0.1) is 0 Å². The fourth-order valence-corrected chi connectivity index (χ4v) is 3.40. The highest BCUT2D eigenvalue weighted by molar-refractivity contribution is 6.05. The molecule has 2 aromatic carbocycles. The van der Waals surface area contributed by atoms with E-state index in [1.165, 1.54) is 0 Å². The van der Waals surface area contributed by atoms with Gasteiger partial charge in [-0.3, -0.25) is 9.59 Å². The molecule has 28 heavy (non-hydrogen) atoms. The van der Waals surface area contributed by atoms with E-state index in [1.807, 2.05) is 17.9 Å². The molecule has 0 aliphatic carbocycles. The molecule has 7 nitrogen and oxygen atoms in total. The number of rotatable bonds is 3. The molecule has 2 N–H and O–H groups in total. The quantitative estimate of drug-likeness (QED) is 0.854. The van der Waals surface area contributed by atoms with Crippen molar-refractivity contribution in [3.63, 3.8) is 0 Å². The second kappa shape index (κ2) is 7.90. The van der Waals surface area contributed by atoms with Gasteiger partial charge in [0.2, 0.25) is 6.79 Å². The summed E-state index contributed by atoms with van der Waals surface area (Å²) < 4.78 is 10.6. The van der Waals surface area contributed by atoms with Crippen molar-refractivity contribution >= 4 is 17.5 Å². The lowest BCUT2D eigenvalue weighted by Crippen LogP contribution is -2.34. The Balaban J connectivity index is 1.47. The molecule has 146 valence electrons. The Labute approximate surface area is 163 Å². The first kappa shape index (κ1) is 18.3. The van der Waals surface area contributed by atoms with Crippen LogP contribution in [0.2, 0.25) is 0 Å². The summed E-state index contributed by atoms with van der Waals surface area (Å²) in [6.07, 6.45) is 0.953. The zero-order valence-corrected chi connectivity index (χ0v) is 15.8. The molecule has 0 atom stereocenters. The van der Waals surface area contributed by atoms with E-state index in [2.05, 4.69) is 10.6 Å². The minimum absolute atomic E-state index is 0.0282. The Morgan fingerprint density at radius 2 is 1.82 bits per heavy atom. The summed E-state index contributed by atoms with van der Waals surface area (Å²) in [6.45, 7) is 5.27. The second-order valence-corrected chi connectivity index (χ2v) is 6.95. The largest absolute Gasteiger partial charge is 0.454 e. The SMILES string of the molecule is Cc1cc(C(=O)N2CCCNCC2)ccc1NC(=O)c1ccc2c(c1)OCO2. The third-order valence-electron chi connectivity index (χ3n) is 4.98. The van der Waals surface area contributed by atoms with E-state index in [-0.39, 0.29) is 18.6 Å². The van der Waals surface area contributed by atoms with Gasteiger partial charge < -0.3 is 25.0 Å². The van der Waals surface area contributed by atoms with Gasteiger partial charge >= 0.3 is 0 Å². The van der Waals surface area contributed by atoms with Crippen molar-refractivity contribution in [2.45, 2.75) is 13.3 Å². The molecule has 0 aromatic heterocycles. The summed E-state index contributed by atoms with van der Waals surface area (Å²) in [5, 5.41) is 6.20. The van der Waals surface area contributed by atoms with Crippen molar-refractivity contribution < 1.29 is 19.1 Å². The van der Waals surface area contributed by atoms with E-state index in [0.29, 0.717) is 34.9 Å². The number of anilines is 1. The topological polar surface area (TPSA) is 79.9 Å². The number of benzene rings is 2. The van der Waals surface area contributed by atoms with Crippen molar-refractivity contribution in [2.24, 2.45) is 0 Å². The average Bonchev–Trinajstić information content (AvgIpc) is 3.00. The summed E-state index contributed by atoms with van der Waals surface area (Å²) in [6, 6.07) is 10.5. The number of fused-ring (bicyclic) bond motifs is 1. The number of nitrogens with one attached hydrogen (secondary N) is 2. The standard InChI is InChI=1S/C21H23N3O4/c1-14-11-16(21(26)24-9-2-7-22-8-10-24)3-5-17(14)23-20(25)15-4-6-18-19(12-15)28-13-27-18/h3-6,11-12,22H,2,7-10,13H2,1H3,(H,23,25). The van der Waals surface area contributed by atoms with Crippen LogP contribution in [0.3, 0.4) is 0 Å². The molecular formula is C21H23N3O4. The summed E-state index contributed by atoms with van der Waals surface area (Å²) in [5.41, 5.74) is 2.64. The monoisotopic (exact) mass is 381 g/mol. The maximum Gasteiger partial charge on any atom is 0.255 e. The van der Waals surface area contributed by atoms with Crippen LogP contribution in [-0.2, 0) is 0 Å². The van der Waals surface area contributed by atoms with Gasteiger partial charge in [-0.1, -0.05) is 0 Å². The van der Waals surface area contributed by atoms with Gasteiger partial charge in [-0.2, -0.15) is 0 Å². The molecule has 0 unspecified atom stereocenters. The van der Waals surface area contributed by atoms with Crippen molar-refractivity contribution in [3.05, 3.63) is 53.1 Å². The van der Waals surface area contributed by atoms with Crippen LogP contribution in [0.1, 0.15) is 32.7 Å². The molecular weight excluding hydrogens is 358 g/mol. The van der Waals surface area contributed by atoms with Gasteiger partial charge in [-0.05, 0) is 61.9 Å². The molecule has 2 heterocycles. The molecule has 1 fully saturated rings. The molecule has 0 spiro atoms. The van der Waals surface area contributed by atoms with Gasteiger partial charge in [-0.15, -0.1) is 0 Å². The predicted molar refractivity (Wildman–Crippen MR) is 105 cm³/mol. The molecule has 2 aliphatic rings. The molecule has 0 radical (unpaired) electrons. The first-order chi connectivity index (χ1) is 13.6. The van der Waals surface area contributed by atoms with Crippen LogP contribution in [0.4, 0.5) is 5.69 Å². The zero-order chi connectivity index (χ0) is 19.5. The number of hydrogen-bond donors (Lipinski definition) is 2. The van der Waals surface area contributed by atoms with Gasteiger partial charge in [0.15, 0.2) is 11.5 Å². The van der Waals surface area contributed by atoms with Crippen molar-refractivity contribution in [1.29, 1.82) is 0 Å². The lowest BCUT2D eigenvalue weighted by molar-refractivity contribution is 0.0766. The van der Waals surface area contributed by atoms with E-state index in [9.17, 15) is 9.59 Å². The summed E-state index contributed by atoms with van der Waals surface area (Å²) >= 11 is 0. The lowest BCUT2D eigenvalue weighted by atomic mass is 10.1. The first-order valence-corrected chi connectivity index (χ1v) is 9.43. The highest BCUT2D eigenvalue weighted by Gasteiger charge is 2.19. The Morgan fingerprint density at radius 1 is 1.00 bits per heavy atom. The summed E-state index contributed by atoms with van der Waals surface area (Å²) in [5.74, 6) is 0.996. The van der Waals surface area contributed by atoms with Crippen LogP contribution >= 0.6 is 0 Å². The molecule has 2 aliphatic heterocycles. The molecule has 2 aromatic rings. The predicted octanol–water partition coefficient (Wildman–Crippen LogP) is 2.41. The van der Waals surface area contributed by atoms with Crippen LogP contribution in [0.15, 0.2) is 36.4 Å². The van der Waals surface area contributed by atoms with Crippen LogP contribution in [0.25, 0.3) is 0 Å². The highest BCUT2D eigenvalue weighted by atomic mass is 16.7. The minimum atomic E-state index is -0.237. The number of amides is 2. The summed E-state index contributed by atoms with van der Waals surface area (Å²) in [7, 11) is 0. The third kappa shape index (κ3) is 3.80. The van der Waals surface area contributed by atoms with E-state index in [0.717, 1.165) is 31.6 Å². The average molecular weight is 381 g/mol. The van der Waals surface area contributed by atoms with E-state index in [1.54, 1.807) is 30.3 Å². The Bertz CT molecular complexity index is 905. The number of carbonyl (C=O) groups is 2. The van der Waals surface area contributed by atoms with Crippen LogP contribution < -0.4 is 20.1 Å². The maximum atomic E-state index is 12.8.